The smallest absolute Gasteiger partial charge is 0.303 e. The first kappa shape index (κ1) is 12.6. The fourth-order valence-corrected chi connectivity index (χ4v) is 2.37. The van der Waals surface area contributed by atoms with Crippen LogP contribution in [0.5, 0.6) is 5.75 Å². The number of aliphatic carboxylic acids is 1. The number of hydrogen-bond acceptors (Lipinski definition) is 4. The Balaban J connectivity index is 2.21. The van der Waals surface area contributed by atoms with Gasteiger partial charge in [0.1, 0.15) is 5.75 Å². The monoisotopic (exact) mass is 263 g/mol. The summed E-state index contributed by atoms with van der Waals surface area (Å²) in [5.74, 6) is -0.0187. The fourth-order valence-electron chi connectivity index (χ4n) is 1.64. The van der Waals surface area contributed by atoms with Gasteiger partial charge in [0, 0.05) is 10.4 Å². The predicted molar refractivity (Wildman–Crippen MR) is 70.1 cm³/mol. The van der Waals surface area contributed by atoms with Crippen molar-refractivity contribution in [2.24, 2.45) is 0 Å². The number of aromatic nitrogens is 1. The van der Waals surface area contributed by atoms with Gasteiger partial charge in [-0.3, -0.25) is 4.79 Å². The van der Waals surface area contributed by atoms with Crippen molar-refractivity contribution in [1.29, 1.82) is 0 Å². The minimum Gasteiger partial charge on any atom is -0.496 e. The Kier molecular flexibility index (Phi) is 3.94. The molecule has 0 spiro atoms. The van der Waals surface area contributed by atoms with Crippen molar-refractivity contribution in [3.05, 3.63) is 35.2 Å². The molecule has 1 aromatic carbocycles. The summed E-state index contributed by atoms with van der Waals surface area (Å²) in [7, 11) is 1.62. The van der Waals surface area contributed by atoms with Crippen LogP contribution in [0.1, 0.15) is 11.3 Å². The molecule has 0 saturated carbocycles. The van der Waals surface area contributed by atoms with Crippen molar-refractivity contribution < 1.29 is 14.6 Å². The molecule has 4 nitrogen and oxygen atoms in total. The minimum absolute atomic E-state index is 0.132. The number of benzene rings is 1. The zero-order valence-corrected chi connectivity index (χ0v) is 10.7. The Morgan fingerprint density at radius 3 is 2.94 bits per heavy atom. The quantitative estimate of drug-likeness (QED) is 0.901. The Bertz CT molecular complexity index is 551. The van der Waals surface area contributed by atoms with Gasteiger partial charge in [-0.2, -0.15) is 4.37 Å². The van der Waals surface area contributed by atoms with Crippen LogP contribution < -0.4 is 4.74 Å². The van der Waals surface area contributed by atoms with E-state index in [-0.39, 0.29) is 6.42 Å². The second kappa shape index (κ2) is 5.64. The van der Waals surface area contributed by atoms with E-state index in [0.29, 0.717) is 6.42 Å². The van der Waals surface area contributed by atoms with E-state index in [1.165, 1.54) is 11.5 Å². The van der Waals surface area contributed by atoms with Gasteiger partial charge in [-0.05, 0) is 36.2 Å². The van der Waals surface area contributed by atoms with Crippen molar-refractivity contribution in [3.8, 4) is 17.0 Å². The van der Waals surface area contributed by atoms with Crippen LogP contribution in [0.15, 0.2) is 30.3 Å². The number of ether oxygens (including phenoxy) is 1. The van der Waals surface area contributed by atoms with Crippen molar-refractivity contribution in [3.63, 3.8) is 0 Å². The van der Waals surface area contributed by atoms with Crippen molar-refractivity contribution >= 4 is 17.5 Å². The van der Waals surface area contributed by atoms with E-state index in [9.17, 15) is 4.79 Å². The highest BCUT2D eigenvalue weighted by Crippen LogP contribution is 2.30. The molecule has 1 heterocycles. The maximum atomic E-state index is 10.5. The van der Waals surface area contributed by atoms with Crippen LogP contribution in [0.2, 0.25) is 0 Å². The number of carbonyl (C=O) groups is 1. The molecule has 0 aliphatic heterocycles. The molecule has 2 aromatic rings. The van der Waals surface area contributed by atoms with E-state index < -0.39 is 5.97 Å². The SMILES string of the molecule is COc1ccccc1-c1cc(CCC(=O)O)sn1. The lowest BCUT2D eigenvalue weighted by Crippen LogP contribution is -1.95. The third-order valence-electron chi connectivity index (χ3n) is 2.53. The molecule has 1 aromatic heterocycles. The van der Waals surface area contributed by atoms with Crippen LogP contribution in [0.4, 0.5) is 0 Å². The average molecular weight is 263 g/mol. The highest BCUT2D eigenvalue weighted by Gasteiger charge is 2.10. The standard InChI is InChI=1S/C13H13NO3S/c1-17-12-5-3-2-4-10(12)11-8-9(18-14-11)6-7-13(15)16/h2-5,8H,6-7H2,1H3,(H,15,16). The summed E-state index contributed by atoms with van der Waals surface area (Å²) in [5.41, 5.74) is 1.76. The van der Waals surface area contributed by atoms with Crippen LogP contribution in [0.3, 0.4) is 0 Å². The zero-order chi connectivity index (χ0) is 13.0. The van der Waals surface area contributed by atoms with E-state index in [2.05, 4.69) is 4.37 Å². The van der Waals surface area contributed by atoms with Gasteiger partial charge < -0.3 is 9.84 Å². The molecule has 94 valence electrons. The van der Waals surface area contributed by atoms with Gasteiger partial charge in [0.25, 0.3) is 0 Å². The molecule has 0 amide bonds. The molecule has 0 aliphatic carbocycles. The van der Waals surface area contributed by atoms with Crippen LogP contribution in [-0.4, -0.2) is 22.6 Å². The molecule has 0 aliphatic rings. The number of carboxylic acids is 1. The van der Waals surface area contributed by atoms with Crippen molar-refractivity contribution in [2.75, 3.05) is 7.11 Å². The van der Waals surface area contributed by atoms with E-state index in [0.717, 1.165) is 21.9 Å². The summed E-state index contributed by atoms with van der Waals surface area (Å²) in [4.78, 5) is 11.5. The summed E-state index contributed by atoms with van der Waals surface area (Å²) in [6, 6.07) is 9.57. The molecule has 18 heavy (non-hydrogen) atoms. The second-order valence-electron chi connectivity index (χ2n) is 3.77. The number of methoxy groups -OCH3 is 1. The van der Waals surface area contributed by atoms with Gasteiger partial charge >= 0.3 is 5.97 Å². The number of para-hydroxylation sites is 1. The van der Waals surface area contributed by atoms with Crippen molar-refractivity contribution in [1.82, 2.24) is 4.37 Å². The Labute approximate surface area is 109 Å². The molecule has 0 unspecified atom stereocenters. The lowest BCUT2D eigenvalue weighted by molar-refractivity contribution is -0.136. The molecular weight excluding hydrogens is 250 g/mol. The van der Waals surface area contributed by atoms with E-state index in [4.69, 9.17) is 9.84 Å². The second-order valence-corrected chi connectivity index (χ2v) is 4.66. The van der Waals surface area contributed by atoms with Crippen LogP contribution >= 0.6 is 11.5 Å². The molecule has 1 N–H and O–H groups in total. The largest absolute Gasteiger partial charge is 0.496 e. The number of carboxylic acid groups (broad SMARTS) is 1. The Morgan fingerprint density at radius 1 is 1.44 bits per heavy atom. The topological polar surface area (TPSA) is 59.4 Å². The number of aryl methyl sites for hydroxylation is 1. The molecule has 0 radical (unpaired) electrons. The highest BCUT2D eigenvalue weighted by molar-refractivity contribution is 7.06. The molecule has 5 heteroatoms. The third-order valence-corrected chi connectivity index (χ3v) is 3.37. The molecule has 0 saturated heterocycles. The summed E-state index contributed by atoms with van der Waals surface area (Å²) in [6.07, 6.45) is 0.649. The predicted octanol–water partition coefficient (Wildman–Crippen LogP) is 2.84. The molecular formula is C13H13NO3S. The first-order valence-electron chi connectivity index (χ1n) is 5.51. The molecule has 0 atom stereocenters. The normalized spacial score (nSPS) is 10.3. The summed E-state index contributed by atoms with van der Waals surface area (Å²) >= 11 is 1.34. The Hall–Kier alpha value is -1.88. The number of nitrogens with zero attached hydrogens (tertiary/aromatic N) is 1. The van der Waals surface area contributed by atoms with E-state index >= 15 is 0 Å². The first-order chi connectivity index (χ1) is 8.70. The Morgan fingerprint density at radius 2 is 2.22 bits per heavy atom. The number of rotatable bonds is 5. The maximum Gasteiger partial charge on any atom is 0.303 e. The number of hydrogen-bond donors (Lipinski definition) is 1. The fraction of sp³-hybridized carbons (Fsp3) is 0.231. The van der Waals surface area contributed by atoms with Gasteiger partial charge in [0.15, 0.2) is 0 Å². The molecule has 0 fully saturated rings. The maximum absolute atomic E-state index is 10.5. The van der Waals surface area contributed by atoms with Crippen LogP contribution in [0.25, 0.3) is 11.3 Å². The first-order valence-corrected chi connectivity index (χ1v) is 6.29. The summed E-state index contributed by atoms with van der Waals surface area (Å²) in [5, 5.41) is 8.65. The van der Waals surface area contributed by atoms with Gasteiger partial charge in [0.2, 0.25) is 0 Å². The minimum atomic E-state index is -0.790. The van der Waals surface area contributed by atoms with Gasteiger partial charge in [0.05, 0.1) is 19.2 Å². The summed E-state index contributed by atoms with van der Waals surface area (Å²) in [6.45, 7) is 0. The van der Waals surface area contributed by atoms with E-state index in [1.54, 1.807) is 7.11 Å². The summed E-state index contributed by atoms with van der Waals surface area (Å²) < 4.78 is 9.62. The lowest BCUT2D eigenvalue weighted by atomic mass is 10.1. The van der Waals surface area contributed by atoms with E-state index in [1.807, 2.05) is 30.3 Å². The average Bonchev–Trinajstić information content (AvgIpc) is 2.85. The third kappa shape index (κ3) is 2.87. The van der Waals surface area contributed by atoms with Gasteiger partial charge in [-0.25, -0.2) is 0 Å². The highest BCUT2D eigenvalue weighted by atomic mass is 32.1. The van der Waals surface area contributed by atoms with Gasteiger partial charge in [-0.1, -0.05) is 12.1 Å². The van der Waals surface area contributed by atoms with Crippen molar-refractivity contribution in [2.45, 2.75) is 12.8 Å². The lowest BCUT2D eigenvalue weighted by Gasteiger charge is -2.04. The molecule has 2 rings (SSSR count). The van der Waals surface area contributed by atoms with Crippen LogP contribution in [0, 0.1) is 0 Å². The zero-order valence-electron chi connectivity index (χ0n) is 9.92. The van der Waals surface area contributed by atoms with Crippen LogP contribution in [-0.2, 0) is 11.2 Å². The van der Waals surface area contributed by atoms with Gasteiger partial charge in [-0.15, -0.1) is 0 Å². The molecule has 0 bridgehead atoms.